The van der Waals surface area contributed by atoms with Crippen LogP contribution < -0.4 is 5.32 Å². The van der Waals surface area contributed by atoms with Gasteiger partial charge in [0, 0.05) is 18.1 Å². The van der Waals surface area contributed by atoms with E-state index in [-0.39, 0.29) is 18.1 Å². The number of nitrogens with one attached hydrogen (secondary N) is 1. The van der Waals surface area contributed by atoms with Gasteiger partial charge in [-0.2, -0.15) is 24.5 Å². The van der Waals surface area contributed by atoms with Gasteiger partial charge in [-0.3, -0.25) is 9.59 Å². The normalized spacial score (nSPS) is 11.2. The van der Waals surface area contributed by atoms with E-state index < -0.39 is 22.7 Å². The zero-order valence-electron chi connectivity index (χ0n) is 12.4. The van der Waals surface area contributed by atoms with Gasteiger partial charge in [0.25, 0.3) is 5.91 Å². The average Bonchev–Trinajstić information content (AvgIpc) is 3.01. The summed E-state index contributed by atoms with van der Waals surface area (Å²) in [6.45, 7) is -0.293. The summed E-state index contributed by atoms with van der Waals surface area (Å²) in [5, 5.41) is 5.24. The molecule has 1 heterocycles. The lowest BCUT2D eigenvalue weighted by Crippen LogP contribution is -2.34. The van der Waals surface area contributed by atoms with Crippen LogP contribution >= 0.6 is 22.9 Å². The smallest absolute Gasteiger partial charge is 0.332 e. The van der Waals surface area contributed by atoms with Gasteiger partial charge in [0.1, 0.15) is 0 Å². The van der Waals surface area contributed by atoms with Crippen LogP contribution in [-0.2, 0) is 11.0 Å². The molecule has 0 aliphatic carbocycles. The number of likely N-dealkylation sites (N-methyl/N-ethyl adjacent to an activating group) is 1. The summed E-state index contributed by atoms with van der Waals surface area (Å²) in [4.78, 5) is 25.1. The number of nitrogens with zero attached hydrogens (tertiary/aromatic N) is 1. The fourth-order valence-electron chi connectivity index (χ4n) is 1.91. The molecule has 2 rings (SSSR count). The summed E-state index contributed by atoms with van der Waals surface area (Å²) in [5.74, 6) is -0.963. The van der Waals surface area contributed by atoms with Crippen molar-refractivity contribution in [3.8, 4) is 0 Å². The lowest BCUT2D eigenvalue weighted by molar-refractivity contribution is -0.137. The van der Waals surface area contributed by atoms with E-state index in [9.17, 15) is 22.8 Å². The Kier molecular flexibility index (Phi) is 5.51. The quantitative estimate of drug-likeness (QED) is 0.872. The SMILES string of the molecule is CN(CC(=O)Nc1ccc(Cl)c(C(F)(F)F)c1)C(=O)c1ccsc1. The first-order chi connectivity index (χ1) is 11.2. The fraction of sp³-hybridized carbons (Fsp3) is 0.200. The largest absolute Gasteiger partial charge is 0.417 e. The maximum Gasteiger partial charge on any atom is 0.417 e. The van der Waals surface area contributed by atoms with E-state index in [0.717, 1.165) is 12.1 Å². The first-order valence-electron chi connectivity index (χ1n) is 6.62. The molecule has 0 aliphatic rings. The molecule has 1 N–H and O–H groups in total. The summed E-state index contributed by atoms with van der Waals surface area (Å²) in [6, 6.07) is 4.69. The number of anilines is 1. The molecule has 24 heavy (non-hydrogen) atoms. The Morgan fingerprint density at radius 1 is 1.29 bits per heavy atom. The number of hydrogen-bond donors (Lipinski definition) is 1. The highest BCUT2D eigenvalue weighted by Gasteiger charge is 2.33. The van der Waals surface area contributed by atoms with Gasteiger partial charge in [-0.1, -0.05) is 11.6 Å². The number of amides is 2. The van der Waals surface area contributed by atoms with Gasteiger partial charge in [0.15, 0.2) is 0 Å². The molecule has 128 valence electrons. The highest BCUT2D eigenvalue weighted by atomic mass is 35.5. The second-order valence-corrected chi connectivity index (χ2v) is 6.10. The summed E-state index contributed by atoms with van der Waals surface area (Å²) >= 11 is 6.86. The fourth-order valence-corrected chi connectivity index (χ4v) is 2.77. The predicted octanol–water partition coefficient (Wildman–Crippen LogP) is 4.13. The Hall–Kier alpha value is -2.06. The Labute approximate surface area is 144 Å². The van der Waals surface area contributed by atoms with Crippen LogP contribution in [0.4, 0.5) is 18.9 Å². The van der Waals surface area contributed by atoms with Crippen molar-refractivity contribution >= 4 is 40.4 Å². The second-order valence-electron chi connectivity index (χ2n) is 4.91. The number of halogens is 4. The van der Waals surface area contributed by atoms with E-state index in [2.05, 4.69) is 5.32 Å². The minimum absolute atomic E-state index is 0.0480. The first kappa shape index (κ1) is 18.3. The van der Waals surface area contributed by atoms with Crippen molar-refractivity contribution in [1.29, 1.82) is 0 Å². The summed E-state index contributed by atoms with van der Waals surface area (Å²) in [7, 11) is 1.43. The molecule has 2 aromatic rings. The van der Waals surface area contributed by atoms with Crippen LogP contribution in [0.1, 0.15) is 15.9 Å². The van der Waals surface area contributed by atoms with E-state index in [4.69, 9.17) is 11.6 Å². The lowest BCUT2D eigenvalue weighted by Gasteiger charge is -2.17. The molecule has 0 spiro atoms. The van der Waals surface area contributed by atoms with Gasteiger partial charge in [0.2, 0.25) is 5.91 Å². The lowest BCUT2D eigenvalue weighted by atomic mass is 10.2. The first-order valence-corrected chi connectivity index (χ1v) is 7.95. The molecule has 9 heteroatoms. The van der Waals surface area contributed by atoms with E-state index in [1.165, 1.54) is 29.4 Å². The van der Waals surface area contributed by atoms with Crippen LogP contribution in [0.3, 0.4) is 0 Å². The summed E-state index contributed by atoms with van der Waals surface area (Å²) in [5.41, 5.74) is -0.640. The summed E-state index contributed by atoms with van der Waals surface area (Å²) in [6.07, 6.45) is -4.62. The Balaban J connectivity index is 2.03. The van der Waals surface area contributed by atoms with E-state index >= 15 is 0 Å². The maximum atomic E-state index is 12.8. The van der Waals surface area contributed by atoms with Crippen molar-refractivity contribution in [2.24, 2.45) is 0 Å². The third-order valence-corrected chi connectivity index (χ3v) is 4.06. The van der Waals surface area contributed by atoms with Crippen molar-refractivity contribution < 1.29 is 22.8 Å². The molecule has 2 amide bonds. The Morgan fingerprint density at radius 2 is 2.00 bits per heavy atom. The zero-order valence-corrected chi connectivity index (χ0v) is 13.9. The zero-order chi connectivity index (χ0) is 17.9. The van der Waals surface area contributed by atoms with Crippen LogP contribution in [0.25, 0.3) is 0 Å². The van der Waals surface area contributed by atoms with Crippen molar-refractivity contribution in [3.63, 3.8) is 0 Å². The second kappa shape index (κ2) is 7.23. The van der Waals surface area contributed by atoms with Crippen molar-refractivity contribution in [2.45, 2.75) is 6.18 Å². The number of carbonyl (C=O) groups is 2. The molecule has 0 atom stereocenters. The maximum absolute atomic E-state index is 12.8. The molecule has 0 unspecified atom stereocenters. The molecule has 0 saturated heterocycles. The molecule has 0 saturated carbocycles. The van der Waals surface area contributed by atoms with E-state index in [0.29, 0.717) is 5.56 Å². The standard InChI is InChI=1S/C15H12ClF3N2O2S/c1-21(14(23)9-4-5-24-8-9)7-13(22)20-10-2-3-12(16)11(6-10)15(17,18)19/h2-6,8H,7H2,1H3,(H,20,22). The van der Waals surface area contributed by atoms with Gasteiger partial charge in [-0.25, -0.2) is 0 Å². The van der Waals surface area contributed by atoms with Gasteiger partial charge in [0.05, 0.1) is 22.7 Å². The molecular formula is C15H12ClF3N2O2S. The van der Waals surface area contributed by atoms with Crippen LogP contribution in [0.15, 0.2) is 35.0 Å². The number of benzene rings is 1. The Bertz CT molecular complexity index is 748. The number of hydrogen-bond acceptors (Lipinski definition) is 3. The molecule has 1 aromatic carbocycles. The minimum atomic E-state index is -4.62. The average molecular weight is 377 g/mol. The molecule has 0 bridgehead atoms. The third-order valence-electron chi connectivity index (χ3n) is 3.05. The van der Waals surface area contributed by atoms with Crippen LogP contribution in [0.5, 0.6) is 0 Å². The van der Waals surface area contributed by atoms with E-state index in [1.54, 1.807) is 16.8 Å². The van der Waals surface area contributed by atoms with Crippen molar-refractivity contribution in [2.75, 3.05) is 18.9 Å². The number of thiophene rings is 1. The Morgan fingerprint density at radius 3 is 2.58 bits per heavy atom. The predicted molar refractivity (Wildman–Crippen MR) is 86.4 cm³/mol. The van der Waals surface area contributed by atoms with Gasteiger partial charge < -0.3 is 10.2 Å². The number of carbonyl (C=O) groups excluding carboxylic acids is 2. The molecule has 0 aliphatic heterocycles. The molecular weight excluding hydrogens is 365 g/mol. The van der Waals surface area contributed by atoms with Crippen LogP contribution in [-0.4, -0.2) is 30.3 Å². The van der Waals surface area contributed by atoms with E-state index in [1.807, 2.05) is 0 Å². The monoisotopic (exact) mass is 376 g/mol. The topological polar surface area (TPSA) is 49.4 Å². The van der Waals surface area contributed by atoms with Gasteiger partial charge in [-0.15, -0.1) is 0 Å². The number of rotatable bonds is 4. The third kappa shape index (κ3) is 4.48. The highest BCUT2D eigenvalue weighted by molar-refractivity contribution is 7.08. The van der Waals surface area contributed by atoms with Crippen molar-refractivity contribution in [1.82, 2.24) is 4.90 Å². The van der Waals surface area contributed by atoms with Gasteiger partial charge >= 0.3 is 6.18 Å². The molecule has 1 aromatic heterocycles. The van der Waals surface area contributed by atoms with Crippen molar-refractivity contribution in [3.05, 3.63) is 51.2 Å². The highest BCUT2D eigenvalue weighted by Crippen LogP contribution is 2.36. The summed E-state index contributed by atoms with van der Waals surface area (Å²) < 4.78 is 38.4. The minimum Gasteiger partial charge on any atom is -0.332 e. The molecule has 0 radical (unpaired) electrons. The van der Waals surface area contributed by atoms with Gasteiger partial charge in [-0.05, 0) is 29.6 Å². The van der Waals surface area contributed by atoms with Crippen LogP contribution in [0.2, 0.25) is 5.02 Å². The molecule has 0 fully saturated rings. The number of alkyl halides is 3. The molecule has 4 nitrogen and oxygen atoms in total. The van der Waals surface area contributed by atoms with Crippen LogP contribution in [0, 0.1) is 0 Å².